The van der Waals surface area contributed by atoms with Crippen LogP contribution in [0.4, 0.5) is 4.39 Å². The monoisotopic (exact) mass is 423 g/mol. The summed E-state index contributed by atoms with van der Waals surface area (Å²) >= 11 is 2.39. The molecule has 0 saturated carbocycles. The second kappa shape index (κ2) is 6.23. The summed E-state index contributed by atoms with van der Waals surface area (Å²) in [5, 5.41) is 0. The largest absolute Gasteiger partial charge is 0.334 e. The van der Waals surface area contributed by atoms with Crippen LogP contribution < -0.4 is 0 Å². The van der Waals surface area contributed by atoms with Crippen LogP contribution in [-0.2, 0) is 5.41 Å². The highest BCUT2D eigenvalue weighted by atomic mass is 127. The SMILES string of the molecule is CC[C@]1(CI)c2ccc(F)cc2C(=O)N(C)[C@H]1c1ccccc1. The summed E-state index contributed by atoms with van der Waals surface area (Å²) in [6.45, 7) is 2.14. The Labute approximate surface area is 149 Å². The molecular weight excluding hydrogens is 404 g/mol. The number of fused-ring (bicyclic) bond motifs is 1. The molecule has 23 heavy (non-hydrogen) atoms. The number of likely N-dealkylation sites (N-methyl/N-ethyl adjacent to an activating group) is 1. The van der Waals surface area contributed by atoms with E-state index in [0.717, 1.165) is 22.0 Å². The number of hydrogen-bond donors (Lipinski definition) is 0. The number of halogens is 2. The first-order chi connectivity index (χ1) is 11.0. The molecule has 0 N–H and O–H groups in total. The number of benzene rings is 2. The van der Waals surface area contributed by atoms with Gasteiger partial charge in [0.05, 0.1) is 6.04 Å². The van der Waals surface area contributed by atoms with Crippen molar-refractivity contribution < 1.29 is 9.18 Å². The van der Waals surface area contributed by atoms with Crippen molar-refractivity contribution in [3.8, 4) is 0 Å². The molecule has 3 rings (SSSR count). The number of carbonyl (C=O) groups excluding carboxylic acids is 1. The Kier molecular flexibility index (Phi) is 4.45. The molecule has 2 aromatic rings. The molecule has 1 amide bonds. The van der Waals surface area contributed by atoms with Gasteiger partial charge in [-0.3, -0.25) is 4.79 Å². The van der Waals surface area contributed by atoms with Gasteiger partial charge in [-0.15, -0.1) is 0 Å². The predicted octanol–water partition coefficient (Wildman–Crippen LogP) is 4.74. The highest BCUT2D eigenvalue weighted by Crippen LogP contribution is 2.49. The highest BCUT2D eigenvalue weighted by molar-refractivity contribution is 14.1. The van der Waals surface area contributed by atoms with Crippen LogP contribution in [0.25, 0.3) is 0 Å². The van der Waals surface area contributed by atoms with Crippen molar-refractivity contribution >= 4 is 28.5 Å². The summed E-state index contributed by atoms with van der Waals surface area (Å²) in [5.41, 5.74) is 2.37. The third-order valence-electron chi connectivity index (χ3n) is 4.96. The minimum Gasteiger partial charge on any atom is -0.334 e. The lowest BCUT2D eigenvalue weighted by Gasteiger charge is -2.49. The normalized spacial score (nSPS) is 23.7. The van der Waals surface area contributed by atoms with E-state index in [1.165, 1.54) is 12.1 Å². The fourth-order valence-corrected chi connectivity index (χ4v) is 5.12. The molecular formula is C19H19FINO. The first-order valence-corrected chi connectivity index (χ1v) is 9.26. The maximum atomic E-state index is 13.7. The molecule has 120 valence electrons. The van der Waals surface area contributed by atoms with Gasteiger partial charge in [-0.25, -0.2) is 4.39 Å². The first-order valence-electron chi connectivity index (χ1n) is 7.73. The molecule has 1 heterocycles. The third-order valence-corrected chi connectivity index (χ3v) is 6.33. The molecule has 1 aliphatic rings. The van der Waals surface area contributed by atoms with Crippen LogP contribution in [0.15, 0.2) is 48.5 Å². The second-order valence-corrected chi connectivity index (χ2v) is 6.83. The van der Waals surface area contributed by atoms with Gasteiger partial charge in [0.15, 0.2) is 0 Å². The van der Waals surface area contributed by atoms with Crippen LogP contribution >= 0.6 is 22.6 Å². The van der Waals surface area contributed by atoms with E-state index in [4.69, 9.17) is 0 Å². The fourth-order valence-electron chi connectivity index (χ4n) is 3.75. The summed E-state index contributed by atoms with van der Waals surface area (Å²) in [5.74, 6) is -0.468. The van der Waals surface area contributed by atoms with Gasteiger partial charge in [-0.1, -0.05) is 65.9 Å². The maximum Gasteiger partial charge on any atom is 0.254 e. The Bertz CT molecular complexity index is 727. The van der Waals surface area contributed by atoms with Gasteiger partial charge in [-0.2, -0.15) is 0 Å². The maximum absolute atomic E-state index is 13.7. The van der Waals surface area contributed by atoms with Crippen molar-refractivity contribution in [2.75, 3.05) is 11.5 Å². The van der Waals surface area contributed by atoms with Crippen LogP contribution in [0.5, 0.6) is 0 Å². The average Bonchev–Trinajstić information content (AvgIpc) is 2.59. The van der Waals surface area contributed by atoms with Crippen LogP contribution in [0.2, 0.25) is 0 Å². The van der Waals surface area contributed by atoms with E-state index >= 15 is 0 Å². The molecule has 4 heteroatoms. The van der Waals surface area contributed by atoms with Crippen molar-refractivity contribution in [3.05, 3.63) is 71.0 Å². The number of carbonyl (C=O) groups is 1. The number of alkyl halides is 1. The van der Waals surface area contributed by atoms with Crippen molar-refractivity contribution in [2.45, 2.75) is 24.8 Å². The third kappa shape index (κ3) is 2.47. The fraction of sp³-hybridized carbons (Fsp3) is 0.316. The summed E-state index contributed by atoms with van der Waals surface area (Å²) in [4.78, 5) is 14.6. The molecule has 0 bridgehead atoms. The minimum absolute atomic E-state index is 0.0453. The minimum atomic E-state index is -0.359. The summed E-state index contributed by atoms with van der Waals surface area (Å²) in [6.07, 6.45) is 0.881. The molecule has 0 radical (unpaired) electrons. The molecule has 0 saturated heterocycles. The summed E-state index contributed by atoms with van der Waals surface area (Å²) < 4.78 is 14.6. The molecule has 2 nitrogen and oxygen atoms in total. The van der Waals surface area contributed by atoms with Gasteiger partial charge in [0.2, 0.25) is 0 Å². The van der Waals surface area contributed by atoms with Gasteiger partial charge < -0.3 is 4.90 Å². The van der Waals surface area contributed by atoms with E-state index in [1.54, 1.807) is 11.0 Å². The lowest BCUT2D eigenvalue weighted by Crippen LogP contribution is -2.51. The van der Waals surface area contributed by atoms with Crippen LogP contribution in [0.3, 0.4) is 0 Å². The van der Waals surface area contributed by atoms with Gasteiger partial charge in [-0.05, 0) is 29.7 Å². The molecule has 2 atom stereocenters. The topological polar surface area (TPSA) is 20.3 Å². The molecule has 0 aromatic heterocycles. The van der Waals surface area contributed by atoms with E-state index in [2.05, 4.69) is 41.6 Å². The van der Waals surface area contributed by atoms with Crippen molar-refractivity contribution in [2.24, 2.45) is 0 Å². The lowest BCUT2D eigenvalue weighted by molar-refractivity contribution is 0.0591. The van der Waals surface area contributed by atoms with Crippen molar-refractivity contribution in [1.29, 1.82) is 0 Å². The quantitative estimate of drug-likeness (QED) is 0.516. The Hall–Kier alpha value is -1.43. The number of amides is 1. The first kappa shape index (κ1) is 16.4. The Morgan fingerprint density at radius 2 is 1.91 bits per heavy atom. The predicted molar refractivity (Wildman–Crippen MR) is 98.5 cm³/mol. The van der Waals surface area contributed by atoms with E-state index in [-0.39, 0.29) is 23.2 Å². The zero-order chi connectivity index (χ0) is 16.6. The standard InChI is InChI=1S/C19H19FINO/c1-3-19(12-21)16-10-9-14(20)11-15(16)18(23)22(2)17(19)13-7-5-4-6-8-13/h4-11,17H,3,12H2,1-2H3/t17-,19-/m0/s1. The second-order valence-electron chi connectivity index (χ2n) is 6.06. The summed E-state index contributed by atoms with van der Waals surface area (Å²) in [6, 6.07) is 14.7. The Morgan fingerprint density at radius 1 is 1.22 bits per heavy atom. The molecule has 0 aliphatic carbocycles. The number of rotatable bonds is 3. The van der Waals surface area contributed by atoms with E-state index < -0.39 is 0 Å². The van der Waals surface area contributed by atoms with E-state index in [9.17, 15) is 9.18 Å². The van der Waals surface area contributed by atoms with E-state index in [0.29, 0.717) is 5.56 Å². The van der Waals surface area contributed by atoms with Gasteiger partial charge in [0.25, 0.3) is 5.91 Å². The number of nitrogens with zero attached hydrogens (tertiary/aromatic N) is 1. The molecule has 0 fully saturated rings. The van der Waals surface area contributed by atoms with Crippen molar-refractivity contribution in [1.82, 2.24) is 4.90 Å². The van der Waals surface area contributed by atoms with Crippen LogP contribution in [0, 0.1) is 5.82 Å². The zero-order valence-corrected chi connectivity index (χ0v) is 15.4. The van der Waals surface area contributed by atoms with E-state index in [1.807, 2.05) is 25.2 Å². The summed E-state index contributed by atoms with van der Waals surface area (Å²) in [7, 11) is 1.82. The van der Waals surface area contributed by atoms with Gasteiger partial charge in [0, 0.05) is 22.5 Å². The molecule has 1 aliphatic heterocycles. The van der Waals surface area contributed by atoms with Gasteiger partial charge >= 0.3 is 0 Å². The molecule has 0 spiro atoms. The van der Waals surface area contributed by atoms with Crippen LogP contribution in [-0.4, -0.2) is 22.3 Å². The average molecular weight is 423 g/mol. The Morgan fingerprint density at radius 3 is 2.52 bits per heavy atom. The smallest absolute Gasteiger partial charge is 0.254 e. The molecule has 0 unspecified atom stereocenters. The van der Waals surface area contributed by atoms with Gasteiger partial charge in [0.1, 0.15) is 5.82 Å². The number of hydrogen-bond acceptors (Lipinski definition) is 1. The highest BCUT2D eigenvalue weighted by Gasteiger charge is 2.48. The zero-order valence-electron chi connectivity index (χ0n) is 13.2. The molecule has 2 aromatic carbocycles. The Balaban J connectivity index is 2.28. The lowest BCUT2D eigenvalue weighted by atomic mass is 9.67. The van der Waals surface area contributed by atoms with Crippen molar-refractivity contribution in [3.63, 3.8) is 0 Å². The van der Waals surface area contributed by atoms with Crippen LogP contribution in [0.1, 0.15) is 40.9 Å².